The third-order valence-corrected chi connectivity index (χ3v) is 6.54. The number of para-hydroxylation sites is 1. The highest BCUT2D eigenvalue weighted by Gasteiger charge is 2.29. The van der Waals surface area contributed by atoms with Crippen LogP contribution in [0.4, 0.5) is 0 Å². The van der Waals surface area contributed by atoms with Gasteiger partial charge in [-0.15, -0.1) is 11.3 Å². The molecule has 1 aliphatic heterocycles. The predicted molar refractivity (Wildman–Crippen MR) is 91.2 cm³/mol. The normalized spacial score (nSPS) is 20.2. The first-order chi connectivity index (χ1) is 10.9. The molecule has 0 radical (unpaired) electrons. The molecule has 2 heterocycles. The van der Waals surface area contributed by atoms with Gasteiger partial charge in [-0.1, -0.05) is 12.1 Å². The number of thiazole rings is 1. The number of rotatable bonds is 5. The summed E-state index contributed by atoms with van der Waals surface area (Å²) in [6.07, 6.45) is 0.510. The number of carbonyl (C=O) groups excluding carboxylic acids is 1. The Balaban J connectivity index is 1.52. The third kappa shape index (κ3) is 4.27. The van der Waals surface area contributed by atoms with Crippen LogP contribution in [0.15, 0.2) is 24.3 Å². The molecule has 1 atom stereocenters. The van der Waals surface area contributed by atoms with Crippen LogP contribution < -0.4 is 5.32 Å². The Hall–Kier alpha value is -1.51. The van der Waals surface area contributed by atoms with Crippen LogP contribution >= 0.6 is 11.3 Å². The van der Waals surface area contributed by atoms with Crippen molar-refractivity contribution in [2.24, 2.45) is 0 Å². The number of amides is 1. The summed E-state index contributed by atoms with van der Waals surface area (Å²) in [7, 11) is -1.11. The maximum Gasteiger partial charge on any atom is 0.234 e. The number of aromatic nitrogens is 1. The summed E-state index contributed by atoms with van der Waals surface area (Å²) in [6.45, 7) is 0.822. The molecule has 6 nitrogen and oxygen atoms in total. The topological polar surface area (TPSA) is 79.4 Å². The zero-order valence-electron chi connectivity index (χ0n) is 12.9. The number of nitrogens with zero attached hydrogens (tertiary/aromatic N) is 2. The van der Waals surface area contributed by atoms with Gasteiger partial charge in [0.1, 0.15) is 5.01 Å². The summed E-state index contributed by atoms with van der Waals surface area (Å²) < 4.78 is 23.9. The molecule has 0 aliphatic carbocycles. The molecule has 0 spiro atoms. The first-order valence-corrected chi connectivity index (χ1v) is 10.1. The molecule has 0 unspecified atom stereocenters. The SMILES string of the molecule is CN(CC(=O)N[C@H]1CCS(=O)(=O)C1)Cc1nc2ccccc2s1. The third-order valence-electron chi connectivity index (χ3n) is 3.75. The van der Waals surface area contributed by atoms with Crippen LogP contribution in [0.1, 0.15) is 11.4 Å². The van der Waals surface area contributed by atoms with Crippen LogP contribution in [0.3, 0.4) is 0 Å². The fourth-order valence-corrected chi connectivity index (χ4v) is 5.42. The zero-order valence-corrected chi connectivity index (χ0v) is 14.5. The second-order valence-electron chi connectivity index (χ2n) is 5.92. The maximum atomic E-state index is 12.0. The standard InChI is InChI=1S/C15H19N3O3S2/c1-18(8-14(19)16-11-6-7-23(20,21)10-11)9-15-17-12-4-2-3-5-13(12)22-15/h2-5,11H,6-10H2,1H3,(H,16,19)/t11-/m0/s1. The van der Waals surface area contributed by atoms with Gasteiger partial charge >= 0.3 is 0 Å². The van der Waals surface area contributed by atoms with Gasteiger partial charge in [-0.25, -0.2) is 13.4 Å². The molecule has 1 aliphatic rings. The van der Waals surface area contributed by atoms with Crippen LogP contribution in [0.2, 0.25) is 0 Å². The van der Waals surface area contributed by atoms with Gasteiger partial charge in [-0.2, -0.15) is 0 Å². The number of hydrogen-bond donors (Lipinski definition) is 1. The van der Waals surface area contributed by atoms with Gasteiger partial charge in [0.2, 0.25) is 5.91 Å². The zero-order chi connectivity index (χ0) is 16.4. The summed E-state index contributed by atoms with van der Waals surface area (Å²) in [5.41, 5.74) is 0.974. The number of benzene rings is 1. The number of hydrogen-bond acceptors (Lipinski definition) is 6. The van der Waals surface area contributed by atoms with Crippen molar-refractivity contribution in [3.05, 3.63) is 29.3 Å². The van der Waals surface area contributed by atoms with Crippen LogP contribution in [-0.4, -0.2) is 55.3 Å². The average molecular weight is 353 g/mol. The van der Waals surface area contributed by atoms with Crippen molar-refractivity contribution in [2.45, 2.75) is 19.0 Å². The number of nitrogens with one attached hydrogen (secondary N) is 1. The van der Waals surface area contributed by atoms with E-state index < -0.39 is 9.84 Å². The molecule has 3 rings (SSSR count). The fourth-order valence-electron chi connectivity index (χ4n) is 2.70. The second-order valence-corrected chi connectivity index (χ2v) is 9.26. The first kappa shape index (κ1) is 16.4. The van der Waals surface area contributed by atoms with Gasteiger partial charge in [-0.3, -0.25) is 9.69 Å². The molecule has 1 N–H and O–H groups in total. The van der Waals surface area contributed by atoms with Crippen LogP contribution in [0.25, 0.3) is 10.2 Å². The van der Waals surface area contributed by atoms with E-state index in [0.717, 1.165) is 15.2 Å². The summed E-state index contributed by atoms with van der Waals surface area (Å²) in [6, 6.07) is 7.70. The van der Waals surface area contributed by atoms with Crippen molar-refractivity contribution < 1.29 is 13.2 Å². The number of carbonyl (C=O) groups is 1. The highest BCUT2D eigenvalue weighted by atomic mass is 32.2. The number of sulfone groups is 1. The van der Waals surface area contributed by atoms with Crippen molar-refractivity contribution in [3.8, 4) is 0 Å². The Morgan fingerprint density at radius 1 is 1.43 bits per heavy atom. The number of likely N-dealkylation sites (N-methyl/N-ethyl adjacent to an activating group) is 1. The minimum Gasteiger partial charge on any atom is -0.351 e. The Labute approximate surface area is 139 Å². The van der Waals surface area contributed by atoms with Crippen molar-refractivity contribution in [3.63, 3.8) is 0 Å². The van der Waals surface area contributed by atoms with E-state index in [9.17, 15) is 13.2 Å². The summed E-state index contributed by atoms with van der Waals surface area (Å²) in [4.78, 5) is 18.5. The van der Waals surface area contributed by atoms with Gasteiger partial charge in [0, 0.05) is 6.04 Å². The molecule has 2 aromatic rings. The predicted octanol–water partition coefficient (Wildman–Crippen LogP) is 1.03. The highest BCUT2D eigenvalue weighted by molar-refractivity contribution is 7.91. The van der Waals surface area contributed by atoms with Crippen LogP contribution in [-0.2, 0) is 21.2 Å². The van der Waals surface area contributed by atoms with Crippen molar-refractivity contribution in [1.29, 1.82) is 0 Å². The lowest BCUT2D eigenvalue weighted by Gasteiger charge is -2.16. The van der Waals surface area contributed by atoms with E-state index in [0.29, 0.717) is 13.0 Å². The van der Waals surface area contributed by atoms with E-state index in [1.54, 1.807) is 11.3 Å². The molecule has 1 amide bonds. The summed E-state index contributed by atoms with van der Waals surface area (Å²) in [5, 5.41) is 3.76. The molecular weight excluding hydrogens is 334 g/mol. The van der Waals surface area contributed by atoms with Gasteiger partial charge in [-0.05, 0) is 25.6 Å². The molecule has 1 saturated heterocycles. The van der Waals surface area contributed by atoms with E-state index in [2.05, 4.69) is 10.3 Å². The lowest BCUT2D eigenvalue weighted by molar-refractivity contribution is -0.122. The average Bonchev–Trinajstić information content (AvgIpc) is 3.00. The minimum absolute atomic E-state index is 0.0559. The Bertz CT molecular complexity index is 783. The Morgan fingerprint density at radius 2 is 2.22 bits per heavy atom. The van der Waals surface area contributed by atoms with Gasteiger partial charge in [0.05, 0.1) is 34.8 Å². The van der Waals surface area contributed by atoms with E-state index >= 15 is 0 Å². The smallest absolute Gasteiger partial charge is 0.234 e. The minimum atomic E-state index is -2.97. The molecule has 124 valence electrons. The van der Waals surface area contributed by atoms with Gasteiger partial charge < -0.3 is 5.32 Å². The summed E-state index contributed by atoms with van der Waals surface area (Å²) in [5.74, 6) is 0.0792. The molecule has 0 bridgehead atoms. The molecule has 1 fully saturated rings. The molecule has 0 saturated carbocycles. The number of fused-ring (bicyclic) bond motifs is 1. The first-order valence-electron chi connectivity index (χ1n) is 7.44. The summed E-state index contributed by atoms with van der Waals surface area (Å²) >= 11 is 1.62. The van der Waals surface area contributed by atoms with Gasteiger partial charge in [0.15, 0.2) is 9.84 Å². The molecule has 1 aromatic carbocycles. The molecular formula is C15H19N3O3S2. The van der Waals surface area contributed by atoms with Crippen molar-refractivity contribution >= 4 is 37.3 Å². The highest BCUT2D eigenvalue weighted by Crippen LogP contribution is 2.22. The monoisotopic (exact) mass is 353 g/mol. The lowest BCUT2D eigenvalue weighted by atomic mass is 10.2. The van der Waals surface area contributed by atoms with Crippen molar-refractivity contribution in [1.82, 2.24) is 15.2 Å². The maximum absolute atomic E-state index is 12.0. The largest absolute Gasteiger partial charge is 0.351 e. The van der Waals surface area contributed by atoms with E-state index in [-0.39, 0.29) is 30.0 Å². The Morgan fingerprint density at radius 3 is 2.91 bits per heavy atom. The van der Waals surface area contributed by atoms with Crippen molar-refractivity contribution in [2.75, 3.05) is 25.1 Å². The lowest BCUT2D eigenvalue weighted by Crippen LogP contribution is -2.41. The van der Waals surface area contributed by atoms with Crippen LogP contribution in [0.5, 0.6) is 0 Å². The molecule has 23 heavy (non-hydrogen) atoms. The Kier molecular flexibility index (Phi) is 4.65. The van der Waals surface area contributed by atoms with E-state index in [1.165, 1.54) is 0 Å². The quantitative estimate of drug-likeness (QED) is 0.869. The van der Waals surface area contributed by atoms with E-state index in [4.69, 9.17) is 0 Å². The molecule has 1 aromatic heterocycles. The van der Waals surface area contributed by atoms with Gasteiger partial charge in [0.25, 0.3) is 0 Å². The second kappa shape index (κ2) is 6.54. The van der Waals surface area contributed by atoms with E-state index in [1.807, 2.05) is 36.2 Å². The van der Waals surface area contributed by atoms with Crippen LogP contribution in [0, 0.1) is 0 Å². The molecule has 8 heteroatoms. The fraction of sp³-hybridized carbons (Fsp3) is 0.467.